The number of hydrogen-bond donors (Lipinski definition) is 3. The SMILES string of the molecule is CCOC(=O)[C@H](C)NC(=O)[C@H](CNC(=O)OC(C)(C)C)NC(=O)OC(C)(C)C. The molecule has 0 saturated carbocycles. The van der Waals surface area contributed by atoms with Crippen molar-refractivity contribution in [1.29, 1.82) is 0 Å². The van der Waals surface area contributed by atoms with E-state index >= 15 is 0 Å². The van der Waals surface area contributed by atoms with Crippen molar-refractivity contribution in [3.05, 3.63) is 0 Å². The van der Waals surface area contributed by atoms with Gasteiger partial charge in [-0.25, -0.2) is 14.4 Å². The Labute approximate surface area is 166 Å². The van der Waals surface area contributed by atoms with Gasteiger partial charge in [0.15, 0.2) is 0 Å². The third kappa shape index (κ3) is 12.0. The highest BCUT2D eigenvalue weighted by atomic mass is 16.6. The molecule has 0 rings (SSSR count). The summed E-state index contributed by atoms with van der Waals surface area (Å²) < 4.78 is 15.1. The van der Waals surface area contributed by atoms with Crippen LogP contribution in [0.1, 0.15) is 55.4 Å². The van der Waals surface area contributed by atoms with Gasteiger partial charge in [0.1, 0.15) is 23.3 Å². The van der Waals surface area contributed by atoms with Gasteiger partial charge in [0.05, 0.1) is 13.2 Å². The van der Waals surface area contributed by atoms with Crippen LogP contribution in [0.3, 0.4) is 0 Å². The van der Waals surface area contributed by atoms with Crippen molar-refractivity contribution in [3.8, 4) is 0 Å². The van der Waals surface area contributed by atoms with E-state index in [0.29, 0.717) is 0 Å². The first kappa shape index (κ1) is 25.5. The molecule has 0 unspecified atom stereocenters. The summed E-state index contributed by atoms with van der Waals surface area (Å²) in [4.78, 5) is 48.0. The van der Waals surface area contributed by atoms with Gasteiger partial charge in [0.2, 0.25) is 5.91 Å². The maximum absolute atomic E-state index is 12.5. The summed E-state index contributed by atoms with van der Waals surface area (Å²) >= 11 is 0. The fourth-order valence-corrected chi connectivity index (χ4v) is 1.80. The minimum Gasteiger partial charge on any atom is -0.464 e. The second kappa shape index (κ2) is 10.7. The van der Waals surface area contributed by atoms with E-state index in [1.807, 2.05) is 0 Å². The maximum Gasteiger partial charge on any atom is 0.408 e. The molecular formula is C18H33N3O7. The van der Waals surface area contributed by atoms with Crippen LogP contribution in [-0.4, -0.2) is 60.5 Å². The van der Waals surface area contributed by atoms with Crippen LogP contribution in [0.15, 0.2) is 0 Å². The van der Waals surface area contributed by atoms with Gasteiger partial charge in [-0.05, 0) is 55.4 Å². The molecule has 0 bridgehead atoms. The highest BCUT2D eigenvalue weighted by Gasteiger charge is 2.28. The molecule has 0 saturated heterocycles. The van der Waals surface area contributed by atoms with Crippen molar-refractivity contribution in [2.45, 2.75) is 78.7 Å². The number of rotatable bonds is 7. The largest absolute Gasteiger partial charge is 0.464 e. The first-order valence-corrected chi connectivity index (χ1v) is 9.08. The van der Waals surface area contributed by atoms with E-state index in [1.54, 1.807) is 48.5 Å². The molecular weight excluding hydrogens is 370 g/mol. The fraction of sp³-hybridized carbons (Fsp3) is 0.778. The topological polar surface area (TPSA) is 132 Å². The molecule has 0 aromatic carbocycles. The second-order valence-corrected chi connectivity index (χ2v) is 8.06. The zero-order valence-corrected chi connectivity index (χ0v) is 17.9. The van der Waals surface area contributed by atoms with Gasteiger partial charge in [0, 0.05) is 0 Å². The van der Waals surface area contributed by atoms with E-state index in [-0.39, 0.29) is 13.2 Å². The molecule has 0 spiro atoms. The Hall–Kier alpha value is -2.52. The maximum atomic E-state index is 12.5. The summed E-state index contributed by atoms with van der Waals surface area (Å²) in [6.07, 6.45) is -1.60. The monoisotopic (exact) mass is 403 g/mol. The van der Waals surface area contributed by atoms with E-state index in [1.165, 1.54) is 6.92 Å². The molecule has 162 valence electrons. The molecule has 0 heterocycles. The van der Waals surface area contributed by atoms with Crippen LogP contribution < -0.4 is 16.0 Å². The highest BCUT2D eigenvalue weighted by Crippen LogP contribution is 2.08. The Kier molecular flexibility index (Phi) is 9.76. The van der Waals surface area contributed by atoms with Gasteiger partial charge < -0.3 is 30.2 Å². The van der Waals surface area contributed by atoms with Crippen LogP contribution in [-0.2, 0) is 23.8 Å². The van der Waals surface area contributed by atoms with Crippen molar-refractivity contribution < 1.29 is 33.4 Å². The predicted octanol–water partition coefficient (Wildman–Crippen LogP) is 1.47. The number of hydrogen-bond acceptors (Lipinski definition) is 7. The zero-order valence-electron chi connectivity index (χ0n) is 17.9. The molecule has 10 heteroatoms. The third-order valence-electron chi connectivity index (χ3n) is 2.86. The number of nitrogens with one attached hydrogen (secondary N) is 3. The number of alkyl carbamates (subject to hydrolysis) is 2. The lowest BCUT2D eigenvalue weighted by Gasteiger charge is -2.25. The Morgan fingerprint density at radius 3 is 1.82 bits per heavy atom. The summed E-state index contributed by atoms with van der Waals surface area (Å²) in [6.45, 7) is 13.1. The van der Waals surface area contributed by atoms with Gasteiger partial charge in [0.25, 0.3) is 0 Å². The second-order valence-electron chi connectivity index (χ2n) is 8.06. The van der Waals surface area contributed by atoms with E-state index in [0.717, 1.165) is 0 Å². The Balaban J connectivity index is 5.05. The fourth-order valence-electron chi connectivity index (χ4n) is 1.80. The molecule has 0 fully saturated rings. The summed E-state index contributed by atoms with van der Waals surface area (Å²) in [7, 11) is 0. The molecule has 10 nitrogen and oxygen atoms in total. The molecule has 0 aliphatic heterocycles. The van der Waals surface area contributed by atoms with Crippen LogP contribution in [0.4, 0.5) is 9.59 Å². The molecule has 3 N–H and O–H groups in total. The lowest BCUT2D eigenvalue weighted by atomic mass is 10.2. The number of carbonyl (C=O) groups is 4. The normalized spacial score (nSPS) is 13.6. The van der Waals surface area contributed by atoms with Crippen molar-refractivity contribution >= 4 is 24.1 Å². The standard InChI is InChI=1S/C18H33N3O7/c1-9-26-14(23)11(2)20-13(22)12(21-16(25)28-18(6,7)8)10-19-15(24)27-17(3,4)5/h11-12H,9-10H2,1-8H3,(H,19,24)(H,20,22)(H,21,25)/t11-,12-/m0/s1. The Morgan fingerprint density at radius 1 is 0.857 bits per heavy atom. The van der Waals surface area contributed by atoms with Crippen molar-refractivity contribution in [2.24, 2.45) is 0 Å². The van der Waals surface area contributed by atoms with Gasteiger partial charge in [-0.15, -0.1) is 0 Å². The number of amides is 3. The first-order chi connectivity index (χ1) is 12.6. The van der Waals surface area contributed by atoms with Crippen molar-refractivity contribution in [3.63, 3.8) is 0 Å². The molecule has 3 amide bonds. The van der Waals surface area contributed by atoms with Crippen LogP contribution in [0.5, 0.6) is 0 Å². The molecule has 0 aromatic rings. The quantitative estimate of drug-likeness (QED) is 0.433. The molecule has 28 heavy (non-hydrogen) atoms. The van der Waals surface area contributed by atoms with Gasteiger partial charge in [-0.1, -0.05) is 0 Å². The summed E-state index contributed by atoms with van der Waals surface area (Å²) in [6, 6.07) is -2.13. The van der Waals surface area contributed by atoms with E-state index in [9.17, 15) is 19.2 Å². The summed E-state index contributed by atoms with van der Waals surface area (Å²) in [5, 5.41) is 7.21. The lowest BCUT2D eigenvalue weighted by Crippen LogP contribution is -2.56. The van der Waals surface area contributed by atoms with Gasteiger partial charge >= 0.3 is 18.2 Å². The van der Waals surface area contributed by atoms with E-state index in [2.05, 4.69) is 16.0 Å². The minimum atomic E-state index is -1.20. The smallest absolute Gasteiger partial charge is 0.408 e. The molecule has 0 radical (unpaired) electrons. The Morgan fingerprint density at radius 2 is 1.36 bits per heavy atom. The minimum absolute atomic E-state index is 0.166. The van der Waals surface area contributed by atoms with Crippen molar-refractivity contribution in [1.82, 2.24) is 16.0 Å². The number of ether oxygens (including phenoxy) is 3. The molecule has 0 aliphatic rings. The highest BCUT2D eigenvalue weighted by molar-refractivity contribution is 5.90. The molecule has 0 aliphatic carbocycles. The lowest BCUT2D eigenvalue weighted by molar-refractivity contribution is -0.147. The Bertz CT molecular complexity index is 565. The predicted molar refractivity (Wildman–Crippen MR) is 102 cm³/mol. The molecule has 0 aromatic heterocycles. The third-order valence-corrected chi connectivity index (χ3v) is 2.86. The van der Waals surface area contributed by atoms with Gasteiger partial charge in [-0.2, -0.15) is 0 Å². The zero-order chi connectivity index (χ0) is 22.1. The summed E-state index contributed by atoms with van der Waals surface area (Å²) in [5.74, 6) is -1.31. The number of carbonyl (C=O) groups excluding carboxylic acids is 4. The average Bonchev–Trinajstić information content (AvgIpc) is 2.47. The number of esters is 1. The van der Waals surface area contributed by atoms with Crippen LogP contribution in [0.25, 0.3) is 0 Å². The van der Waals surface area contributed by atoms with Crippen LogP contribution in [0.2, 0.25) is 0 Å². The van der Waals surface area contributed by atoms with Gasteiger partial charge in [-0.3, -0.25) is 4.79 Å². The van der Waals surface area contributed by atoms with Crippen molar-refractivity contribution in [2.75, 3.05) is 13.2 Å². The summed E-state index contributed by atoms with van der Waals surface area (Å²) in [5.41, 5.74) is -1.50. The first-order valence-electron chi connectivity index (χ1n) is 9.08. The van der Waals surface area contributed by atoms with Crippen LogP contribution in [0, 0.1) is 0 Å². The molecule has 2 atom stereocenters. The van der Waals surface area contributed by atoms with Crippen LogP contribution >= 0.6 is 0 Å². The average molecular weight is 403 g/mol. The van der Waals surface area contributed by atoms with E-state index in [4.69, 9.17) is 14.2 Å². The van der Waals surface area contributed by atoms with E-state index < -0.39 is 47.3 Å².